The molecule has 26 heavy (non-hydrogen) atoms. The van der Waals surface area contributed by atoms with Gasteiger partial charge in [0.15, 0.2) is 0 Å². The zero-order valence-corrected chi connectivity index (χ0v) is 15.6. The van der Waals surface area contributed by atoms with Crippen molar-refractivity contribution in [2.45, 2.75) is 36.3 Å². The molecule has 1 amide bonds. The van der Waals surface area contributed by atoms with E-state index >= 15 is 0 Å². The summed E-state index contributed by atoms with van der Waals surface area (Å²) >= 11 is 1.69. The fourth-order valence-electron chi connectivity index (χ4n) is 3.42. The van der Waals surface area contributed by atoms with Gasteiger partial charge in [-0.2, -0.15) is 0 Å². The largest absolute Gasteiger partial charge is 0.339 e. The Kier molecular flexibility index (Phi) is 5.25. The SMILES string of the molecule is O=C(c1ccccc1SCc1cn2ccccc2n1)N1CCCCCC1. The lowest BCUT2D eigenvalue weighted by atomic mass is 10.2. The van der Waals surface area contributed by atoms with Crippen molar-refractivity contribution in [1.29, 1.82) is 0 Å². The average molecular weight is 366 g/mol. The predicted molar refractivity (Wildman–Crippen MR) is 106 cm³/mol. The summed E-state index contributed by atoms with van der Waals surface area (Å²) in [6.07, 6.45) is 8.75. The normalized spacial score (nSPS) is 15.2. The highest BCUT2D eigenvalue weighted by Crippen LogP contribution is 2.27. The number of thioether (sulfide) groups is 1. The van der Waals surface area contributed by atoms with Gasteiger partial charge in [0.1, 0.15) is 5.65 Å². The smallest absolute Gasteiger partial charge is 0.254 e. The van der Waals surface area contributed by atoms with Crippen molar-refractivity contribution in [3.8, 4) is 0 Å². The van der Waals surface area contributed by atoms with Gasteiger partial charge in [-0.3, -0.25) is 4.79 Å². The first-order chi connectivity index (χ1) is 12.8. The summed E-state index contributed by atoms with van der Waals surface area (Å²) in [5.74, 6) is 0.927. The molecule has 1 fully saturated rings. The molecule has 1 aliphatic heterocycles. The number of rotatable bonds is 4. The van der Waals surface area contributed by atoms with E-state index in [2.05, 4.69) is 11.2 Å². The second-order valence-electron chi connectivity index (χ2n) is 6.69. The van der Waals surface area contributed by atoms with Crippen molar-refractivity contribution in [3.05, 3.63) is 66.1 Å². The quantitative estimate of drug-likeness (QED) is 0.632. The van der Waals surface area contributed by atoms with Crippen LogP contribution in [0.25, 0.3) is 5.65 Å². The number of nitrogens with zero attached hydrogens (tertiary/aromatic N) is 3. The van der Waals surface area contributed by atoms with E-state index in [4.69, 9.17) is 0 Å². The van der Waals surface area contributed by atoms with E-state index in [0.29, 0.717) is 0 Å². The van der Waals surface area contributed by atoms with Gasteiger partial charge < -0.3 is 9.30 Å². The number of pyridine rings is 1. The minimum absolute atomic E-state index is 0.171. The first kappa shape index (κ1) is 17.2. The summed E-state index contributed by atoms with van der Waals surface area (Å²) in [7, 11) is 0. The Hall–Kier alpha value is -2.27. The molecule has 1 aromatic carbocycles. The molecule has 4 rings (SSSR count). The summed E-state index contributed by atoms with van der Waals surface area (Å²) in [4.78, 5) is 20.7. The van der Waals surface area contributed by atoms with Gasteiger partial charge in [0.2, 0.25) is 0 Å². The third-order valence-electron chi connectivity index (χ3n) is 4.80. The summed E-state index contributed by atoms with van der Waals surface area (Å²) in [6, 6.07) is 14.0. The van der Waals surface area contributed by atoms with Gasteiger partial charge in [0.25, 0.3) is 5.91 Å². The summed E-state index contributed by atoms with van der Waals surface area (Å²) in [5.41, 5.74) is 2.80. The molecule has 0 saturated carbocycles. The highest BCUT2D eigenvalue weighted by Gasteiger charge is 2.20. The predicted octanol–water partition coefficient (Wildman–Crippen LogP) is 4.64. The number of hydrogen-bond donors (Lipinski definition) is 0. The lowest BCUT2D eigenvalue weighted by Crippen LogP contribution is -2.32. The van der Waals surface area contributed by atoms with Crippen LogP contribution in [0.4, 0.5) is 0 Å². The van der Waals surface area contributed by atoms with Crippen LogP contribution < -0.4 is 0 Å². The molecule has 0 radical (unpaired) electrons. The first-order valence-electron chi connectivity index (χ1n) is 9.25. The molecule has 134 valence electrons. The number of fused-ring (bicyclic) bond motifs is 1. The lowest BCUT2D eigenvalue weighted by Gasteiger charge is -2.21. The molecule has 0 N–H and O–H groups in total. The van der Waals surface area contributed by atoms with E-state index in [1.54, 1.807) is 11.8 Å². The highest BCUT2D eigenvalue weighted by molar-refractivity contribution is 7.98. The molecule has 5 heteroatoms. The van der Waals surface area contributed by atoms with E-state index in [1.807, 2.05) is 58.0 Å². The lowest BCUT2D eigenvalue weighted by molar-refractivity contribution is 0.0758. The molecule has 4 nitrogen and oxygen atoms in total. The minimum atomic E-state index is 0.171. The van der Waals surface area contributed by atoms with Crippen molar-refractivity contribution in [2.75, 3.05) is 13.1 Å². The van der Waals surface area contributed by atoms with Gasteiger partial charge in [0.05, 0.1) is 11.3 Å². The number of aromatic nitrogens is 2. The molecule has 2 aromatic heterocycles. The Bertz CT molecular complexity index is 864. The molecule has 3 aromatic rings. The third kappa shape index (κ3) is 3.78. The van der Waals surface area contributed by atoms with Crippen LogP contribution in [-0.4, -0.2) is 33.3 Å². The number of amides is 1. The van der Waals surface area contributed by atoms with E-state index in [1.165, 1.54) is 12.8 Å². The van der Waals surface area contributed by atoms with Gasteiger partial charge in [-0.15, -0.1) is 11.8 Å². The van der Waals surface area contributed by atoms with Crippen molar-refractivity contribution in [1.82, 2.24) is 14.3 Å². The Morgan fingerprint density at radius 3 is 2.58 bits per heavy atom. The number of carbonyl (C=O) groups excluding carboxylic acids is 1. The van der Waals surface area contributed by atoms with Crippen LogP contribution >= 0.6 is 11.8 Å². The van der Waals surface area contributed by atoms with Crippen LogP contribution in [0, 0.1) is 0 Å². The van der Waals surface area contributed by atoms with Gasteiger partial charge in [-0.05, 0) is 37.1 Å². The van der Waals surface area contributed by atoms with Crippen molar-refractivity contribution in [3.63, 3.8) is 0 Å². The third-order valence-corrected chi connectivity index (χ3v) is 5.91. The molecule has 0 bridgehead atoms. The Morgan fingerprint density at radius 2 is 1.77 bits per heavy atom. The Balaban J connectivity index is 1.50. The zero-order valence-electron chi connectivity index (χ0n) is 14.8. The molecule has 0 spiro atoms. The summed E-state index contributed by atoms with van der Waals surface area (Å²) in [6.45, 7) is 1.76. The zero-order chi connectivity index (χ0) is 17.8. The topological polar surface area (TPSA) is 37.6 Å². The molecule has 3 heterocycles. The molecular weight excluding hydrogens is 342 g/mol. The van der Waals surface area contributed by atoms with Crippen molar-refractivity contribution >= 4 is 23.3 Å². The molecular formula is C21H23N3OS. The van der Waals surface area contributed by atoms with Crippen molar-refractivity contribution in [2.24, 2.45) is 0 Å². The van der Waals surface area contributed by atoms with Crippen LogP contribution in [0.2, 0.25) is 0 Å². The van der Waals surface area contributed by atoms with Gasteiger partial charge in [-0.25, -0.2) is 4.98 Å². The molecule has 0 unspecified atom stereocenters. The van der Waals surface area contributed by atoms with Crippen LogP contribution in [-0.2, 0) is 5.75 Å². The minimum Gasteiger partial charge on any atom is -0.339 e. The maximum absolute atomic E-state index is 13.0. The van der Waals surface area contributed by atoms with E-state index in [0.717, 1.165) is 53.5 Å². The van der Waals surface area contributed by atoms with Gasteiger partial charge >= 0.3 is 0 Å². The Labute approximate surface area is 158 Å². The second kappa shape index (κ2) is 7.96. The number of carbonyl (C=O) groups is 1. The second-order valence-corrected chi connectivity index (χ2v) is 7.71. The van der Waals surface area contributed by atoms with Crippen LogP contribution in [0.15, 0.2) is 59.8 Å². The average Bonchev–Trinajstić information content (AvgIpc) is 2.90. The van der Waals surface area contributed by atoms with E-state index in [-0.39, 0.29) is 5.91 Å². The highest BCUT2D eigenvalue weighted by atomic mass is 32.2. The van der Waals surface area contributed by atoms with Gasteiger partial charge in [-0.1, -0.05) is 31.0 Å². The molecule has 1 saturated heterocycles. The van der Waals surface area contributed by atoms with Gasteiger partial charge in [0, 0.05) is 36.1 Å². The number of likely N-dealkylation sites (tertiary alicyclic amines) is 1. The summed E-state index contributed by atoms with van der Waals surface area (Å²) < 4.78 is 2.03. The molecule has 1 aliphatic rings. The van der Waals surface area contributed by atoms with Crippen molar-refractivity contribution < 1.29 is 4.79 Å². The molecule has 0 aliphatic carbocycles. The Morgan fingerprint density at radius 1 is 1.00 bits per heavy atom. The van der Waals surface area contributed by atoms with E-state index < -0.39 is 0 Å². The van der Waals surface area contributed by atoms with Crippen LogP contribution in [0.5, 0.6) is 0 Å². The maximum Gasteiger partial charge on any atom is 0.254 e. The molecule has 0 atom stereocenters. The summed E-state index contributed by atoms with van der Waals surface area (Å²) in [5, 5.41) is 0. The fraction of sp³-hybridized carbons (Fsp3) is 0.333. The number of hydrogen-bond acceptors (Lipinski definition) is 3. The number of imidazole rings is 1. The van der Waals surface area contributed by atoms with Crippen LogP contribution in [0.1, 0.15) is 41.7 Å². The van der Waals surface area contributed by atoms with E-state index in [9.17, 15) is 4.79 Å². The fourth-order valence-corrected chi connectivity index (χ4v) is 4.35. The maximum atomic E-state index is 13.0. The first-order valence-corrected chi connectivity index (χ1v) is 10.2. The standard InChI is InChI=1S/C21H23N3OS/c25-21(23-12-6-1-2-7-13-23)18-9-3-4-10-19(18)26-16-17-15-24-14-8-5-11-20(24)22-17/h3-5,8-11,14-15H,1-2,6-7,12-13,16H2. The number of benzene rings is 1. The monoisotopic (exact) mass is 365 g/mol. The van der Waals surface area contributed by atoms with Crippen LogP contribution in [0.3, 0.4) is 0 Å².